The van der Waals surface area contributed by atoms with Crippen molar-refractivity contribution >= 4 is 15.9 Å². The van der Waals surface area contributed by atoms with Gasteiger partial charge in [0.15, 0.2) is 0 Å². The Labute approximate surface area is 75.7 Å². The van der Waals surface area contributed by atoms with Gasteiger partial charge in [-0.3, -0.25) is 0 Å². The third-order valence-electron chi connectivity index (χ3n) is 2.05. The van der Waals surface area contributed by atoms with Crippen LogP contribution in [0.3, 0.4) is 0 Å². The summed E-state index contributed by atoms with van der Waals surface area (Å²) in [6.45, 7) is 4.82. The van der Waals surface area contributed by atoms with Gasteiger partial charge in [-0.25, -0.2) is 0 Å². The van der Waals surface area contributed by atoms with Gasteiger partial charge in [0.2, 0.25) is 0 Å². The predicted octanol–water partition coefficient (Wildman–Crippen LogP) is 2.52. The van der Waals surface area contributed by atoms with Crippen molar-refractivity contribution in [3.63, 3.8) is 0 Å². The zero-order valence-electron chi connectivity index (χ0n) is 6.82. The average molecular weight is 214 g/mol. The molecule has 0 unspecified atom stereocenters. The number of hydrogen-bond acceptors (Lipinski definition) is 1. The number of hydrogen-bond donors (Lipinski definition) is 1. The van der Waals surface area contributed by atoms with Gasteiger partial charge in [-0.1, -0.05) is 22.0 Å². The lowest BCUT2D eigenvalue weighted by Crippen LogP contribution is -2.00. The number of nitrogens with two attached hydrogens (primary N) is 1. The molecule has 0 heterocycles. The minimum Gasteiger partial charge on any atom is -0.326 e. The second-order valence-corrected chi connectivity index (χ2v) is 3.51. The monoisotopic (exact) mass is 213 g/mol. The molecule has 0 aliphatic carbocycles. The Hall–Kier alpha value is -0.340. The Balaban J connectivity index is 3.25. The van der Waals surface area contributed by atoms with Gasteiger partial charge in [0.25, 0.3) is 0 Å². The lowest BCUT2D eigenvalue weighted by atomic mass is 10.0. The summed E-state index contributed by atoms with van der Waals surface area (Å²) in [7, 11) is 0. The Morgan fingerprint density at radius 2 is 1.91 bits per heavy atom. The van der Waals surface area contributed by atoms with Gasteiger partial charge in [0.1, 0.15) is 0 Å². The van der Waals surface area contributed by atoms with Crippen molar-refractivity contribution < 1.29 is 0 Å². The first-order valence-corrected chi connectivity index (χ1v) is 4.40. The fourth-order valence-electron chi connectivity index (χ4n) is 1.06. The molecule has 1 nitrogen and oxygen atoms in total. The molecule has 0 aliphatic heterocycles. The van der Waals surface area contributed by atoms with Crippen LogP contribution in [0.15, 0.2) is 16.6 Å². The predicted molar refractivity (Wildman–Crippen MR) is 51.5 cm³/mol. The molecule has 2 N–H and O–H groups in total. The van der Waals surface area contributed by atoms with Crippen LogP contribution >= 0.6 is 15.9 Å². The van der Waals surface area contributed by atoms with Gasteiger partial charge in [-0.2, -0.15) is 0 Å². The topological polar surface area (TPSA) is 26.0 Å². The van der Waals surface area contributed by atoms with Crippen LogP contribution in [0.2, 0.25) is 0 Å². The Bertz CT molecular complexity index is 269. The summed E-state index contributed by atoms with van der Waals surface area (Å²) < 4.78 is 1.16. The van der Waals surface area contributed by atoms with E-state index in [9.17, 15) is 0 Å². The number of benzene rings is 1. The molecule has 11 heavy (non-hydrogen) atoms. The molecule has 0 saturated carbocycles. The molecule has 0 aliphatic rings. The van der Waals surface area contributed by atoms with Gasteiger partial charge in [0, 0.05) is 11.0 Å². The minimum atomic E-state index is 0.625. The Kier molecular flexibility index (Phi) is 2.68. The van der Waals surface area contributed by atoms with Gasteiger partial charge < -0.3 is 5.73 Å². The van der Waals surface area contributed by atoms with E-state index in [-0.39, 0.29) is 0 Å². The highest BCUT2D eigenvalue weighted by molar-refractivity contribution is 9.10. The maximum atomic E-state index is 5.55. The molecule has 0 amide bonds. The highest BCUT2D eigenvalue weighted by Gasteiger charge is 2.01. The normalized spacial score (nSPS) is 10.2. The van der Waals surface area contributed by atoms with Crippen LogP contribution in [0, 0.1) is 13.8 Å². The molecule has 0 bridgehead atoms. The average Bonchev–Trinajstić information content (AvgIpc) is 2.01. The van der Waals surface area contributed by atoms with E-state index >= 15 is 0 Å². The molecule has 0 fully saturated rings. The van der Waals surface area contributed by atoms with Crippen molar-refractivity contribution in [3.05, 3.63) is 33.3 Å². The lowest BCUT2D eigenvalue weighted by Gasteiger charge is -2.07. The quantitative estimate of drug-likeness (QED) is 0.763. The van der Waals surface area contributed by atoms with Crippen LogP contribution in [-0.2, 0) is 6.54 Å². The molecule has 1 rings (SSSR count). The largest absolute Gasteiger partial charge is 0.326 e. The highest BCUT2D eigenvalue weighted by Crippen LogP contribution is 2.21. The molecule has 0 radical (unpaired) electrons. The number of rotatable bonds is 1. The Morgan fingerprint density at radius 1 is 1.27 bits per heavy atom. The second-order valence-electron chi connectivity index (χ2n) is 2.66. The fourth-order valence-corrected chi connectivity index (χ4v) is 1.49. The molecule has 0 spiro atoms. The van der Waals surface area contributed by atoms with Crippen LogP contribution in [-0.4, -0.2) is 0 Å². The maximum Gasteiger partial charge on any atom is 0.0207 e. The van der Waals surface area contributed by atoms with Crippen molar-refractivity contribution in [2.24, 2.45) is 5.73 Å². The third-order valence-corrected chi connectivity index (χ3v) is 2.91. The summed E-state index contributed by atoms with van der Waals surface area (Å²) in [6, 6.07) is 4.11. The third kappa shape index (κ3) is 1.63. The lowest BCUT2D eigenvalue weighted by molar-refractivity contribution is 1.04. The molecule has 0 atom stereocenters. The van der Waals surface area contributed by atoms with Gasteiger partial charge in [0.05, 0.1) is 0 Å². The van der Waals surface area contributed by atoms with Crippen LogP contribution in [0.25, 0.3) is 0 Å². The zero-order chi connectivity index (χ0) is 8.43. The minimum absolute atomic E-state index is 0.625. The van der Waals surface area contributed by atoms with E-state index in [0.717, 1.165) is 4.47 Å². The SMILES string of the molecule is Cc1c(Br)ccc(CN)c1C. The van der Waals surface area contributed by atoms with Crippen molar-refractivity contribution in [2.45, 2.75) is 20.4 Å². The fraction of sp³-hybridized carbons (Fsp3) is 0.333. The van der Waals surface area contributed by atoms with E-state index in [1.54, 1.807) is 0 Å². The van der Waals surface area contributed by atoms with E-state index in [1.165, 1.54) is 16.7 Å². The van der Waals surface area contributed by atoms with Gasteiger partial charge in [-0.15, -0.1) is 0 Å². The first-order valence-electron chi connectivity index (χ1n) is 3.61. The molecule has 1 aromatic rings. The van der Waals surface area contributed by atoms with Crippen LogP contribution in [0.5, 0.6) is 0 Å². The first kappa shape index (κ1) is 8.75. The van der Waals surface area contributed by atoms with E-state index in [0.29, 0.717) is 6.54 Å². The summed E-state index contributed by atoms with van der Waals surface area (Å²) in [4.78, 5) is 0. The molecule has 0 saturated heterocycles. The standard InChI is InChI=1S/C9H12BrN/c1-6-7(2)9(10)4-3-8(6)5-11/h3-4H,5,11H2,1-2H3. The molecule has 0 aromatic heterocycles. The highest BCUT2D eigenvalue weighted by atomic mass is 79.9. The van der Waals surface area contributed by atoms with Crippen LogP contribution in [0.1, 0.15) is 16.7 Å². The summed E-state index contributed by atoms with van der Waals surface area (Å²) >= 11 is 3.47. The first-order chi connectivity index (χ1) is 5.16. The van der Waals surface area contributed by atoms with Crippen molar-refractivity contribution in [1.29, 1.82) is 0 Å². The molecular weight excluding hydrogens is 202 g/mol. The Morgan fingerprint density at radius 3 is 2.45 bits per heavy atom. The van der Waals surface area contributed by atoms with E-state index in [1.807, 2.05) is 6.07 Å². The van der Waals surface area contributed by atoms with Crippen LogP contribution in [0.4, 0.5) is 0 Å². The smallest absolute Gasteiger partial charge is 0.0207 e. The van der Waals surface area contributed by atoms with Crippen molar-refractivity contribution in [1.82, 2.24) is 0 Å². The van der Waals surface area contributed by atoms with Gasteiger partial charge >= 0.3 is 0 Å². The summed E-state index contributed by atoms with van der Waals surface area (Å²) in [5, 5.41) is 0. The zero-order valence-corrected chi connectivity index (χ0v) is 8.40. The summed E-state index contributed by atoms with van der Waals surface area (Å²) in [5.74, 6) is 0. The number of halogens is 1. The van der Waals surface area contributed by atoms with Crippen LogP contribution < -0.4 is 5.73 Å². The van der Waals surface area contributed by atoms with Crippen molar-refractivity contribution in [3.8, 4) is 0 Å². The molecule has 2 heteroatoms. The maximum absolute atomic E-state index is 5.55. The molecular formula is C9H12BrN. The second kappa shape index (κ2) is 3.37. The van der Waals surface area contributed by atoms with E-state index in [4.69, 9.17) is 5.73 Å². The molecule has 60 valence electrons. The van der Waals surface area contributed by atoms with Crippen molar-refractivity contribution in [2.75, 3.05) is 0 Å². The van der Waals surface area contributed by atoms with E-state index in [2.05, 4.69) is 35.8 Å². The summed E-state index contributed by atoms with van der Waals surface area (Å²) in [5.41, 5.74) is 9.36. The van der Waals surface area contributed by atoms with E-state index < -0.39 is 0 Å². The van der Waals surface area contributed by atoms with Gasteiger partial charge in [-0.05, 0) is 36.6 Å². The molecule has 1 aromatic carbocycles. The summed E-state index contributed by atoms with van der Waals surface area (Å²) in [6.07, 6.45) is 0.